The molecule has 0 spiro atoms. The van der Waals surface area contributed by atoms with Crippen molar-refractivity contribution in [2.75, 3.05) is 19.6 Å². The number of nitrogens with one attached hydrogen (secondary N) is 1. The normalized spacial score (nSPS) is 16.3. The van der Waals surface area contributed by atoms with Crippen LogP contribution >= 0.6 is 39.1 Å². The number of rotatable bonds is 9. The van der Waals surface area contributed by atoms with E-state index in [0.29, 0.717) is 18.5 Å². The van der Waals surface area contributed by atoms with E-state index in [1.165, 1.54) is 18.0 Å². The fraction of sp³-hybridized carbons (Fsp3) is 0.357. The lowest BCUT2D eigenvalue weighted by atomic mass is 9.86. The molecule has 0 saturated carbocycles. The standard InChI is InChI=1S/C28H30BrCl2N3O2/c1-19(11-14-33-28(35)26-24(30)17-32-18-25(26)31)34-15-12-21(13-16-34)27(20-7-9-22(29)10-8-20)36-23-5-3-2-4-6-23/h2-10,17-19,21,27H,11-16H2,1H3,(H,33,35)/t19?,27-/m0/s1. The Morgan fingerprint density at radius 2 is 1.72 bits per heavy atom. The summed E-state index contributed by atoms with van der Waals surface area (Å²) in [6, 6.07) is 18.9. The third kappa shape index (κ3) is 7.00. The Kier molecular flexibility index (Phi) is 9.66. The minimum atomic E-state index is -0.270. The van der Waals surface area contributed by atoms with Gasteiger partial charge in [-0.05, 0) is 69.1 Å². The van der Waals surface area contributed by atoms with Crippen LogP contribution in [0.4, 0.5) is 0 Å². The van der Waals surface area contributed by atoms with E-state index in [-0.39, 0.29) is 27.6 Å². The van der Waals surface area contributed by atoms with Crippen molar-refractivity contribution in [3.63, 3.8) is 0 Å². The number of benzene rings is 2. The van der Waals surface area contributed by atoms with Crippen molar-refractivity contribution in [2.45, 2.75) is 38.3 Å². The molecule has 2 heterocycles. The highest BCUT2D eigenvalue weighted by molar-refractivity contribution is 9.10. The highest BCUT2D eigenvalue weighted by Crippen LogP contribution is 2.36. The van der Waals surface area contributed by atoms with Crippen LogP contribution in [0.1, 0.15) is 48.2 Å². The van der Waals surface area contributed by atoms with E-state index in [9.17, 15) is 4.79 Å². The molecule has 3 aromatic rings. The molecule has 4 rings (SSSR count). The number of piperidine rings is 1. The van der Waals surface area contributed by atoms with Gasteiger partial charge in [0.05, 0.1) is 15.6 Å². The minimum Gasteiger partial charge on any atom is -0.485 e. The maximum Gasteiger partial charge on any atom is 0.254 e. The molecule has 2 atom stereocenters. The summed E-state index contributed by atoms with van der Waals surface area (Å²) in [6.07, 6.45) is 5.80. The number of halogens is 3. The average Bonchev–Trinajstić information content (AvgIpc) is 2.88. The quantitative estimate of drug-likeness (QED) is 0.286. The van der Waals surface area contributed by atoms with Crippen LogP contribution in [0, 0.1) is 5.92 Å². The Morgan fingerprint density at radius 1 is 1.08 bits per heavy atom. The number of aromatic nitrogens is 1. The molecule has 1 aliphatic rings. The Balaban J connectivity index is 1.31. The first-order chi connectivity index (χ1) is 17.4. The molecule has 0 bridgehead atoms. The lowest BCUT2D eigenvalue weighted by Gasteiger charge is -2.39. The van der Waals surface area contributed by atoms with Gasteiger partial charge in [-0.15, -0.1) is 0 Å². The lowest BCUT2D eigenvalue weighted by Crippen LogP contribution is -2.43. The number of hydrogen-bond donors (Lipinski definition) is 1. The van der Waals surface area contributed by atoms with Crippen LogP contribution in [0.5, 0.6) is 5.75 Å². The summed E-state index contributed by atoms with van der Waals surface area (Å²) in [4.78, 5) is 18.9. The number of pyridine rings is 1. The highest BCUT2D eigenvalue weighted by atomic mass is 79.9. The van der Waals surface area contributed by atoms with Crippen LogP contribution in [-0.4, -0.2) is 41.5 Å². The minimum absolute atomic E-state index is 0.00658. The molecule has 1 aliphatic heterocycles. The van der Waals surface area contributed by atoms with Crippen LogP contribution in [0.3, 0.4) is 0 Å². The van der Waals surface area contributed by atoms with Crippen LogP contribution in [0.15, 0.2) is 71.5 Å². The number of nitrogens with zero attached hydrogens (tertiary/aromatic N) is 2. The summed E-state index contributed by atoms with van der Waals surface area (Å²) in [6.45, 7) is 4.75. The highest BCUT2D eigenvalue weighted by Gasteiger charge is 2.31. The molecule has 8 heteroatoms. The first kappa shape index (κ1) is 26.9. The fourth-order valence-corrected chi connectivity index (χ4v) is 5.49. The third-order valence-corrected chi connectivity index (χ3v) is 7.86. The number of likely N-dealkylation sites (tertiary alicyclic amines) is 1. The lowest BCUT2D eigenvalue weighted by molar-refractivity contribution is 0.0605. The first-order valence-corrected chi connectivity index (χ1v) is 13.8. The first-order valence-electron chi connectivity index (χ1n) is 12.2. The molecule has 190 valence electrons. The van der Waals surface area contributed by atoms with E-state index >= 15 is 0 Å². The summed E-state index contributed by atoms with van der Waals surface area (Å²) in [5.41, 5.74) is 1.48. The molecule has 1 saturated heterocycles. The van der Waals surface area contributed by atoms with Crippen LogP contribution in [-0.2, 0) is 0 Å². The van der Waals surface area contributed by atoms with Gasteiger partial charge in [-0.2, -0.15) is 0 Å². The van der Waals surface area contributed by atoms with Gasteiger partial charge < -0.3 is 15.0 Å². The number of hydrogen-bond acceptors (Lipinski definition) is 4. The Bertz CT molecular complexity index is 1120. The largest absolute Gasteiger partial charge is 0.485 e. The summed E-state index contributed by atoms with van der Waals surface area (Å²) < 4.78 is 7.58. The monoisotopic (exact) mass is 589 g/mol. The van der Waals surface area contributed by atoms with Crippen molar-refractivity contribution >= 4 is 45.0 Å². The second-order valence-corrected chi connectivity index (χ2v) is 10.9. The number of amides is 1. The van der Waals surface area contributed by atoms with Crippen molar-refractivity contribution < 1.29 is 9.53 Å². The number of carbonyl (C=O) groups excluding carboxylic acids is 1. The molecule has 0 radical (unpaired) electrons. The van der Waals surface area contributed by atoms with Crippen molar-refractivity contribution in [1.29, 1.82) is 0 Å². The Labute approximate surface area is 231 Å². The predicted molar refractivity (Wildman–Crippen MR) is 149 cm³/mol. The number of carbonyl (C=O) groups is 1. The topological polar surface area (TPSA) is 54.5 Å². The van der Waals surface area contributed by atoms with Gasteiger partial charge in [0.15, 0.2) is 0 Å². The molecule has 0 aliphatic carbocycles. The summed E-state index contributed by atoms with van der Waals surface area (Å²) in [5, 5.41) is 3.46. The van der Waals surface area contributed by atoms with Gasteiger partial charge in [-0.25, -0.2) is 0 Å². The zero-order valence-electron chi connectivity index (χ0n) is 20.2. The molecule has 5 nitrogen and oxygen atoms in total. The Morgan fingerprint density at radius 3 is 2.36 bits per heavy atom. The van der Waals surface area contributed by atoms with Gasteiger partial charge >= 0.3 is 0 Å². The molecule has 1 amide bonds. The van der Waals surface area contributed by atoms with Crippen LogP contribution < -0.4 is 10.1 Å². The third-order valence-electron chi connectivity index (χ3n) is 6.76. The van der Waals surface area contributed by atoms with E-state index < -0.39 is 0 Å². The van der Waals surface area contributed by atoms with Crippen LogP contribution in [0.25, 0.3) is 0 Å². The van der Waals surface area contributed by atoms with E-state index in [2.05, 4.69) is 62.3 Å². The molecular weight excluding hydrogens is 561 g/mol. The molecule has 1 aromatic heterocycles. The number of para-hydroxylation sites is 1. The smallest absolute Gasteiger partial charge is 0.254 e. The van der Waals surface area contributed by atoms with Gasteiger partial charge in [0.25, 0.3) is 5.91 Å². The molecule has 36 heavy (non-hydrogen) atoms. The van der Waals surface area contributed by atoms with Crippen molar-refractivity contribution in [1.82, 2.24) is 15.2 Å². The van der Waals surface area contributed by atoms with Crippen molar-refractivity contribution in [3.8, 4) is 5.75 Å². The molecule has 2 aromatic carbocycles. The van der Waals surface area contributed by atoms with Gasteiger partial charge in [-0.3, -0.25) is 9.78 Å². The molecule has 1 fully saturated rings. The van der Waals surface area contributed by atoms with Gasteiger partial charge in [0, 0.05) is 35.4 Å². The SMILES string of the molecule is CC(CCNC(=O)c1c(Cl)cncc1Cl)N1CCC([C@@H](Oc2ccccc2)c2ccc(Br)cc2)CC1. The molecule has 1 N–H and O–H groups in total. The average molecular weight is 591 g/mol. The van der Waals surface area contributed by atoms with Gasteiger partial charge in [-0.1, -0.05) is 69.5 Å². The van der Waals surface area contributed by atoms with Crippen molar-refractivity contribution in [3.05, 3.63) is 92.6 Å². The van der Waals surface area contributed by atoms with E-state index in [1.54, 1.807) is 0 Å². The molecular formula is C28H30BrCl2N3O2. The zero-order chi connectivity index (χ0) is 25.5. The Hall–Kier alpha value is -2.12. The predicted octanol–water partition coefficient (Wildman–Crippen LogP) is 7.19. The second-order valence-electron chi connectivity index (χ2n) is 9.15. The van der Waals surface area contributed by atoms with Crippen molar-refractivity contribution in [2.24, 2.45) is 5.92 Å². The maximum atomic E-state index is 12.5. The summed E-state index contributed by atoms with van der Waals surface area (Å²) in [7, 11) is 0. The summed E-state index contributed by atoms with van der Waals surface area (Å²) in [5.74, 6) is 1.05. The van der Waals surface area contributed by atoms with E-state index in [4.69, 9.17) is 27.9 Å². The zero-order valence-corrected chi connectivity index (χ0v) is 23.3. The second kappa shape index (κ2) is 12.9. The summed E-state index contributed by atoms with van der Waals surface area (Å²) >= 11 is 15.7. The van der Waals surface area contributed by atoms with Gasteiger partial charge in [0.1, 0.15) is 11.9 Å². The van der Waals surface area contributed by atoms with E-state index in [1.807, 2.05) is 30.3 Å². The number of ether oxygens (including phenoxy) is 1. The maximum absolute atomic E-state index is 12.5. The van der Waals surface area contributed by atoms with E-state index in [0.717, 1.165) is 42.6 Å². The van der Waals surface area contributed by atoms with Gasteiger partial charge in [0.2, 0.25) is 0 Å². The molecule has 1 unspecified atom stereocenters. The fourth-order valence-electron chi connectivity index (χ4n) is 4.69. The van der Waals surface area contributed by atoms with Crippen LogP contribution in [0.2, 0.25) is 10.0 Å².